The van der Waals surface area contributed by atoms with Gasteiger partial charge in [-0.25, -0.2) is 0 Å². The van der Waals surface area contributed by atoms with Crippen molar-refractivity contribution in [2.75, 3.05) is 6.61 Å². The van der Waals surface area contributed by atoms with E-state index in [1.165, 1.54) is 19.3 Å². The quantitative estimate of drug-likeness (QED) is 0.627. The zero-order chi connectivity index (χ0) is 10.1. The molecule has 1 aliphatic rings. The molecule has 0 atom stereocenters. The third-order valence-corrected chi connectivity index (χ3v) is 8.03. The van der Waals surface area contributed by atoms with Gasteiger partial charge in [0.25, 0.3) is 0 Å². The Kier molecular flexibility index (Phi) is 3.23. The molecule has 0 unspecified atom stereocenters. The highest BCUT2D eigenvalue weighted by Crippen LogP contribution is 2.38. The molecule has 1 aliphatic carbocycles. The fraction of sp³-hybridized carbons (Fsp3) is 1.00. The molecule has 0 aromatic rings. The molecule has 1 saturated carbocycles. The summed E-state index contributed by atoms with van der Waals surface area (Å²) in [6.45, 7) is 12.6. The molecule has 2 heteroatoms. The van der Waals surface area contributed by atoms with Crippen LogP contribution in [0.5, 0.6) is 0 Å². The molecule has 0 aromatic carbocycles. The van der Waals surface area contributed by atoms with Crippen LogP contribution in [-0.4, -0.2) is 14.9 Å². The fourth-order valence-corrected chi connectivity index (χ4v) is 2.16. The Morgan fingerprint density at radius 1 is 1.23 bits per heavy atom. The van der Waals surface area contributed by atoms with Crippen molar-refractivity contribution >= 4 is 8.32 Å². The van der Waals surface area contributed by atoms with E-state index >= 15 is 0 Å². The Balaban J connectivity index is 2.23. The normalized spacial score (nSPS) is 19.2. The number of rotatable bonds is 4. The second-order valence-electron chi connectivity index (χ2n) is 5.84. The lowest BCUT2D eigenvalue weighted by molar-refractivity contribution is 0.275. The molecule has 1 rings (SSSR count). The first-order chi connectivity index (χ1) is 5.83. The molecule has 13 heavy (non-hydrogen) atoms. The molecular formula is C11H24OSi. The van der Waals surface area contributed by atoms with E-state index in [-0.39, 0.29) is 0 Å². The zero-order valence-corrected chi connectivity index (χ0v) is 10.8. The average Bonchev–Trinajstić information content (AvgIpc) is 2.68. The summed E-state index contributed by atoms with van der Waals surface area (Å²) in [4.78, 5) is 0. The molecule has 0 radical (unpaired) electrons. The van der Waals surface area contributed by atoms with Crippen LogP contribution >= 0.6 is 0 Å². The molecular weight excluding hydrogens is 176 g/mol. The van der Waals surface area contributed by atoms with Gasteiger partial charge in [0.05, 0.1) is 0 Å². The van der Waals surface area contributed by atoms with E-state index in [1.807, 2.05) is 0 Å². The van der Waals surface area contributed by atoms with Gasteiger partial charge in [-0.05, 0) is 30.5 Å². The van der Waals surface area contributed by atoms with E-state index in [0.29, 0.717) is 5.04 Å². The second kappa shape index (κ2) is 3.74. The van der Waals surface area contributed by atoms with Crippen LogP contribution < -0.4 is 0 Å². The molecule has 1 fully saturated rings. The average molecular weight is 200 g/mol. The molecule has 0 aliphatic heterocycles. The van der Waals surface area contributed by atoms with E-state index in [9.17, 15) is 0 Å². The summed E-state index contributed by atoms with van der Waals surface area (Å²) in [5.41, 5.74) is 0. The maximum absolute atomic E-state index is 6.08. The summed E-state index contributed by atoms with van der Waals surface area (Å²) in [7, 11) is -1.44. The Labute approximate surface area is 84.0 Å². The van der Waals surface area contributed by atoms with Crippen molar-refractivity contribution in [1.29, 1.82) is 0 Å². The predicted octanol–water partition coefficient (Wildman–Crippen LogP) is 3.81. The lowest BCUT2D eigenvalue weighted by Gasteiger charge is -2.36. The van der Waals surface area contributed by atoms with Crippen molar-refractivity contribution < 1.29 is 4.43 Å². The first-order valence-electron chi connectivity index (χ1n) is 5.47. The van der Waals surface area contributed by atoms with Gasteiger partial charge >= 0.3 is 0 Å². The first kappa shape index (κ1) is 11.3. The minimum Gasteiger partial charge on any atom is -0.417 e. The summed E-state index contributed by atoms with van der Waals surface area (Å²) in [6.07, 6.45) is 4.19. The van der Waals surface area contributed by atoms with Crippen LogP contribution in [0.4, 0.5) is 0 Å². The summed E-state index contributed by atoms with van der Waals surface area (Å²) in [5.74, 6) is 1.00. The van der Waals surface area contributed by atoms with Crippen molar-refractivity contribution in [2.24, 2.45) is 5.92 Å². The van der Waals surface area contributed by atoms with Gasteiger partial charge in [0.1, 0.15) is 0 Å². The third-order valence-electron chi connectivity index (χ3n) is 3.49. The highest BCUT2D eigenvalue weighted by molar-refractivity contribution is 6.74. The lowest BCUT2D eigenvalue weighted by atomic mass is 10.2. The molecule has 0 bridgehead atoms. The number of hydrogen-bond donors (Lipinski definition) is 0. The van der Waals surface area contributed by atoms with Crippen molar-refractivity contribution in [3.63, 3.8) is 0 Å². The Morgan fingerprint density at radius 3 is 2.15 bits per heavy atom. The SMILES string of the molecule is CC(C)(C)[Si](C)(C)OCCC1CC1. The smallest absolute Gasteiger partial charge is 0.191 e. The van der Waals surface area contributed by atoms with Crippen LogP contribution in [0.15, 0.2) is 0 Å². The summed E-state index contributed by atoms with van der Waals surface area (Å²) >= 11 is 0. The topological polar surface area (TPSA) is 9.23 Å². The van der Waals surface area contributed by atoms with Crippen LogP contribution in [0.25, 0.3) is 0 Å². The van der Waals surface area contributed by atoms with E-state index in [1.54, 1.807) is 0 Å². The van der Waals surface area contributed by atoms with Gasteiger partial charge in [-0.2, -0.15) is 0 Å². The monoisotopic (exact) mass is 200 g/mol. The van der Waals surface area contributed by atoms with Crippen LogP contribution in [0.3, 0.4) is 0 Å². The number of hydrogen-bond acceptors (Lipinski definition) is 1. The van der Waals surface area contributed by atoms with Gasteiger partial charge in [0, 0.05) is 6.61 Å². The molecule has 0 spiro atoms. The highest BCUT2D eigenvalue weighted by atomic mass is 28.4. The largest absolute Gasteiger partial charge is 0.417 e. The van der Waals surface area contributed by atoms with Gasteiger partial charge in [0.15, 0.2) is 8.32 Å². The van der Waals surface area contributed by atoms with Gasteiger partial charge in [0.2, 0.25) is 0 Å². The lowest BCUT2D eigenvalue weighted by Crippen LogP contribution is -2.41. The summed E-state index contributed by atoms with van der Waals surface area (Å²) in [5, 5.41) is 0.372. The minimum absolute atomic E-state index is 0.372. The molecule has 0 amide bonds. The van der Waals surface area contributed by atoms with Crippen LogP contribution in [0, 0.1) is 5.92 Å². The Bertz CT molecular complexity index is 165. The summed E-state index contributed by atoms with van der Waals surface area (Å²) < 4.78 is 6.08. The highest BCUT2D eigenvalue weighted by Gasteiger charge is 2.37. The zero-order valence-electron chi connectivity index (χ0n) is 9.81. The van der Waals surface area contributed by atoms with Gasteiger partial charge in [-0.3, -0.25) is 0 Å². The molecule has 0 saturated heterocycles. The Hall–Kier alpha value is 0.177. The van der Waals surface area contributed by atoms with Gasteiger partial charge in [-0.15, -0.1) is 0 Å². The first-order valence-corrected chi connectivity index (χ1v) is 8.38. The van der Waals surface area contributed by atoms with E-state index in [0.717, 1.165) is 12.5 Å². The third kappa shape index (κ3) is 3.43. The van der Waals surface area contributed by atoms with Crippen molar-refractivity contribution in [3.05, 3.63) is 0 Å². The molecule has 0 aromatic heterocycles. The van der Waals surface area contributed by atoms with Crippen molar-refractivity contribution in [1.82, 2.24) is 0 Å². The molecule has 0 heterocycles. The standard InChI is InChI=1S/C11H24OSi/c1-11(2,3)13(4,5)12-9-8-10-6-7-10/h10H,6-9H2,1-5H3. The van der Waals surface area contributed by atoms with Gasteiger partial charge < -0.3 is 4.43 Å². The van der Waals surface area contributed by atoms with Gasteiger partial charge in [-0.1, -0.05) is 33.6 Å². The maximum Gasteiger partial charge on any atom is 0.191 e. The molecule has 0 N–H and O–H groups in total. The van der Waals surface area contributed by atoms with Crippen LogP contribution in [0.2, 0.25) is 18.1 Å². The molecule has 78 valence electrons. The molecule has 1 nitrogen and oxygen atoms in total. The van der Waals surface area contributed by atoms with Crippen LogP contribution in [0.1, 0.15) is 40.0 Å². The van der Waals surface area contributed by atoms with E-state index in [2.05, 4.69) is 33.9 Å². The minimum atomic E-state index is -1.44. The maximum atomic E-state index is 6.08. The van der Waals surface area contributed by atoms with E-state index < -0.39 is 8.32 Å². The summed E-state index contributed by atoms with van der Waals surface area (Å²) in [6, 6.07) is 0. The fourth-order valence-electron chi connectivity index (χ4n) is 1.10. The van der Waals surface area contributed by atoms with Crippen LogP contribution in [-0.2, 0) is 4.43 Å². The van der Waals surface area contributed by atoms with Crippen molar-refractivity contribution in [3.8, 4) is 0 Å². The predicted molar refractivity (Wildman–Crippen MR) is 60.5 cm³/mol. The Morgan fingerprint density at radius 2 is 1.77 bits per heavy atom. The van der Waals surface area contributed by atoms with Crippen molar-refractivity contribution in [2.45, 2.75) is 58.2 Å². The van der Waals surface area contributed by atoms with E-state index in [4.69, 9.17) is 4.43 Å². The second-order valence-corrected chi connectivity index (χ2v) is 10.7.